The lowest BCUT2D eigenvalue weighted by atomic mass is 10.3. The van der Waals surface area contributed by atoms with Crippen LogP contribution < -0.4 is 11.2 Å². The zero-order chi connectivity index (χ0) is 12.6. The highest BCUT2D eigenvalue weighted by molar-refractivity contribution is 9.10. The molecular formula is C10H5BrClFN2O2. The molecule has 1 N–H and O–H groups in total. The third-order valence-corrected chi connectivity index (χ3v) is 2.91. The van der Waals surface area contributed by atoms with Gasteiger partial charge in [-0.2, -0.15) is 0 Å². The predicted octanol–water partition coefficient (Wildman–Crippen LogP) is 2.08. The molecule has 0 bridgehead atoms. The number of halogens is 3. The fraction of sp³-hybridized carbons (Fsp3) is 0. The molecule has 0 unspecified atom stereocenters. The van der Waals surface area contributed by atoms with Gasteiger partial charge < -0.3 is 0 Å². The zero-order valence-electron chi connectivity index (χ0n) is 8.21. The summed E-state index contributed by atoms with van der Waals surface area (Å²) >= 11 is 8.50. The second kappa shape index (κ2) is 4.46. The van der Waals surface area contributed by atoms with Gasteiger partial charge in [-0.1, -0.05) is 11.6 Å². The molecule has 88 valence electrons. The van der Waals surface area contributed by atoms with Crippen LogP contribution in [0.15, 0.2) is 38.3 Å². The lowest BCUT2D eigenvalue weighted by Crippen LogP contribution is -2.32. The molecule has 4 nitrogen and oxygen atoms in total. The maximum Gasteiger partial charge on any atom is 0.334 e. The molecule has 2 aromatic rings. The van der Waals surface area contributed by atoms with Gasteiger partial charge in [0.25, 0.3) is 5.56 Å². The lowest BCUT2D eigenvalue weighted by Gasteiger charge is -2.04. The Kier molecular flexibility index (Phi) is 3.17. The maximum atomic E-state index is 13.3. The van der Waals surface area contributed by atoms with Crippen molar-refractivity contribution in [2.45, 2.75) is 0 Å². The summed E-state index contributed by atoms with van der Waals surface area (Å²) in [6.07, 6.45) is 0. The number of H-pyrrole nitrogens is 1. The van der Waals surface area contributed by atoms with E-state index >= 15 is 0 Å². The van der Waals surface area contributed by atoms with Gasteiger partial charge in [0.1, 0.15) is 11.0 Å². The summed E-state index contributed by atoms with van der Waals surface area (Å²) in [5, 5.41) is -0.0613. The standard InChI is InChI=1S/C10H5BrClFN2O2/c11-6-2-1-5(3-7(6)13)15-9(16)4-8(12)14-10(15)17/h1-4H,(H,14,17). The normalized spacial score (nSPS) is 10.5. The molecule has 1 aromatic heterocycles. The molecule has 0 saturated heterocycles. The molecule has 0 aliphatic rings. The van der Waals surface area contributed by atoms with E-state index in [1.807, 2.05) is 0 Å². The SMILES string of the molecule is O=c1cc(Cl)[nH]c(=O)n1-c1ccc(Br)c(F)c1. The van der Waals surface area contributed by atoms with Gasteiger partial charge in [-0.15, -0.1) is 0 Å². The molecule has 17 heavy (non-hydrogen) atoms. The first kappa shape index (κ1) is 12.1. The van der Waals surface area contributed by atoms with Gasteiger partial charge in [-0.05, 0) is 34.1 Å². The Bertz CT molecular complexity index is 664. The summed E-state index contributed by atoms with van der Waals surface area (Å²) in [5.74, 6) is -0.566. The summed E-state index contributed by atoms with van der Waals surface area (Å²) in [5.41, 5.74) is -1.21. The van der Waals surface area contributed by atoms with Crippen LogP contribution in [-0.2, 0) is 0 Å². The van der Waals surface area contributed by atoms with E-state index in [-0.39, 0.29) is 15.3 Å². The van der Waals surface area contributed by atoms with E-state index in [2.05, 4.69) is 20.9 Å². The molecular weight excluding hydrogens is 314 g/mol. The summed E-state index contributed by atoms with van der Waals surface area (Å²) in [6, 6.07) is 4.97. The minimum atomic E-state index is -0.718. The van der Waals surface area contributed by atoms with Crippen molar-refractivity contribution in [3.8, 4) is 5.69 Å². The third-order valence-electron chi connectivity index (χ3n) is 2.06. The average molecular weight is 320 g/mol. The zero-order valence-corrected chi connectivity index (χ0v) is 10.5. The smallest absolute Gasteiger partial charge is 0.297 e. The second-order valence-corrected chi connectivity index (χ2v) is 4.46. The van der Waals surface area contributed by atoms with Crippen LogP contribution in [0.4, 0.5) is 4.39 Å². The fourth-order valence-electron chi connectivity index (χ4n) is 1.34. The monoisotopic (exact) mass is 318 g/mol. The van der Waals surface area contributed by atoms with Crippen LogP contribution in [-0.4, -0.2) is 9.55 Å². The van der Waals surface area contributed by atoms with Crippen molar-refractivity contribution in [1.29, 1.82) is 0 Å². The van der Waals surface area contributed by atoms with Gasteiger partial charge in [-0.25, -0.2) is 13.8 Å². The molecule has 1 heterocycles. The van der Waals surface area contributed by atoms with Crippen LogP contribution in [0.2, 0.25) is 5.15 Å². The van der Waals surface area contributed by atoms with E-state index in [0.717, 1.165) is 16.7 Å². The number of aromatic amines is 1. The molecule has 0 fully saturated rings. The Balaban J connectivity index is 2.73. The number of hydrogen-bond donors (Lipinski definition) is 1. The minimum absolute atomic E-state index is 0.0613. The molecule has 7 heteroatoms. The van der Waals surface area contributed by atoms with Crippen LogP contribution in [0.1, 0.15) is 0 Å². The van der Waals surface area contributed by atoms with Crippen molar-refractivity contribution >= 4 is 27.5 Å². The summed E-state index contributed by atoms with van der Waals surface area (Å²) < 4.78 is 14.3. The fourth-order valence-corrected chi connectivity index (χ4v) is 1.76. The molecule has 1 aromatic carbocycles. The van der Waals surface area contributed by atoms with Crippen LogP contribution in [0.3, 0.4) is 0 Å². The highest BCUT2D eigenvalue weighted by atomic mass is 79.9. The van der Waals surface area contributed by atoms with Crippen molar-refractivity contribution in [2.24, 2.45) is 0 Å². The van der Waals surface area contributed by atoms with Gasteiger partial charge in [0.05, 0.1) is 10.2 Å². The molecule has 2 rings (SSSR count). The van der Waals surface area contributed by atoms with E-state index in [1.54, 1.807) is 0 Å². The molecule has 0 saturated carbocycles. The first-order valence-electron chi connectivity index (χ1n) is 4.46. The van der Waals surface area contributed by atoms with Crippen molar-refractivity contribution in [2.75, 3.05) is 0 Å². The number of nitrogens with zero attached hydrogens (tertiary/aromatic N) is 1. The number of nitrogens with one attached hydrogen (secondary N) is 1. The number of benzene rings is 1. The quantitative estimate of drug-likeness (QED) is 0.818. The Hall–Kier alpha value is -1.40. The molecule has 0 aliphatic heterocycles. The van der Waals surface area contributed by atoms with Crippen molar-refractivity contribution < 1.29 is 4.39 Å². The molecule has 0 aliphatic carbocycles. The van der Waals surface area contributed by atoms with Crippen LogP contribution in [0.5, 0.6) is 0 Å². The Morgan fingerprint density at radius 3 is 2.59 bits per heavy atom. The molecule has 0 amide bonds. The first-order valence-corrected chi connectivity index (χ1v) is 5.63. The molecule has 0 spiro atoms. The van der Waals surface area contributed by atoms with E-state index in [9.17, 15) is 14.0 Å². The van der Waals surface area contributed by atoms with E-state index < -0.39 is 17.1 Å². The summed E-state index contributed by atoms with van der Waals surface area (Å²) in [4.78, 5) is 25.4. The number of aromatic nitrogens is 2. The van der Waals surface area contributed by atoms with E-state index in [1.165, 1.54) is 12.1 Å². The van der Waals surface area contributed by atoms with E-state index in [0.29, 0.717) is 0 Å². The Labute approximate surface area is 108 Å². The Morgan fingerprint density at radius 2 is 2.00 bits per heavy atom. The predicted molar refractivity (Wildman–Crippen MR) is 65.3 cm³/mol. The minimum Gasteiger partial charge on any atom is -0.297 e. The topological polar surface area (TPSA) is 54.9 Å². The maximum absolute atomic E-state index is 13.3. The van der Waals surface area contributed by atoms with Crippen LogP contribution in [0.25, 0.3) is 5.69 Å². The van der Waals surface area contributed by atoms with Gasteiger partial charge in [0.2, 0.25) is 0 Å². The average Bonchev–Trinajstić information content (AvgIpc) is 2.21. The second-order valence-electron chi connectivity index (χ2n) is 3.19. The van der Waals surface area contributed by atoms with Gasteiger partial charge >= 0.3 is 5.69 Å². The highest BCUT2D eigenvalue weighted by Crippen LogP contribution is 2.17. The highest BCUT2D eigenvalue weighted by Gasteiger charge is 2.08. The molecule has 0 atom stereocenters. The Morgan fingerprint density at radius 1 is 1.29 bits per heavy atom. The van der Waals surface area contributed by atoms with E-state index in [4.69, 9.17) is 11.6 Å². The van der Waals surface area contributed by atoms with Gasteiger partial charge in [0, 0.05) is 6.07 Å². The third kappa shape index (κ3) is 2.32. The number of hydrogen-bond acceptors (Lipinski definition) is 2. The first-order chi connectivity index (χ1) is 7.99. The van der Waals surface area contributed by atoms with Crippen molar-refractivity contribution in [3.63, 3.8) is 0 Å². The number of rotatable bonds is 1. The van der Waals surface area contributed by atoms with Gasteiger partial charge in [0.15, 0.2) is 0 Å². The van der Waals surface area contributed by atoms with Gasteiger partial charge in [-0.3, -0.25) is 9.78 Å². The largest absolute Gasteiger partial charge is 0.334 e. The molecule has 0 radical (unpaired) electrons. The van der Waals surface area contributed by atoms with Crippen LogP contribution in [0, 0.1) is 5.82 Å². The van der Waals surface area contributed by atoms with Crippen LogP contribution >= 0.6 is 27.5 Å². The summed E-state index contributed by atoms with van der Waals surface area (Å²) in [6.45, 7) is 0. The van der Waals surface area contributed by atoms with Crippen molar-refractivity contribution in [1.82, 2.24) is 9.55 Å². The lowest BCUT2D eigenvalue weighted by molar-refractivity contribution is 0.619. The summed E-state index contributed by atoms with van der Waals surface area (Å²) in [7, 11) is 0. The van der Waals surface area contributed by atoms with Crippen molar-refractivity contribution in [3.05, 3.63) is 60.5 Å².